The van der Waals surface area contributed by atoms with E-state index in [-0.39, 0.29) is 11.9 Å². The molecule has 1 N–H and O–H groups in total. The normalized spacial score (nSPS) is 20.7. The number of nitrogens with zero attached hydrogens (tertiary/aromatic N) is 2. The Morgan fingerprint density at radius 2 is 1.81 bits per heavy atom. The lowest BCUT2D eigenvalue weighted by atomic mass is 9.89. The summed E-state index contributed by atoms with van der Waals surface area (Å²) in [6.45, 7) is 6.79. The maximum Gasteiger partial charge on any atom is 0.237 e. The molecule has 2 aliphatic rings. The molecule has 1 aliphatic heterocycles. The molecule has 1 amide bonds. The summed E-state index contributed by atoms with van der Waals surface area (Å²) in [5.41, 5.74) is 1.23. The van der Waals surface area contributed by atoms with Crippen LogP contribution in [0.25, 0.3) is 0 Å². The second-order valence-corrected chi connectivity index (χ2v) is 8.00. The van der Waals surface area contributed by atoms with Gasteiger partial charge < -0.3 is 15.0 Å². The van der Waals surface area contributed by atoms with Gasteiger partial charge in [0.25, 0.3) is 0 Å². The van der Waals surface area contributed by atoms with Crippen molar-refractivity contribution in [1.82, 2.24) is 10.2 Å². The second kappa shape index (κ2) is 9.98. The molecule has 1 aromatic rings. The Bertz CT molecular complexity index is 584. The third-order valence-corrected chi connectivity index (χ3v) is 6.18. The van der Waals surface area contributed by atoms with E-state index in [4.69, 9.17) is 4.74 Å². The fraction of sp³-hybridized carbons (Fsp3) is 0.682. The van der Waals surface area contributed by atoms with Crippen LogP contribution in [-0.2, 0) is 4.79 Å². The van der Waals surface area contributed by atoms with Crippen LogP contribution in [0, 0.1) is 5.92 Å². The van der Waals surface area contributed by atoms with E-state index in [1.807, 2.05) is 12.1 Å². The molecule has 1 unspecified atom stereocenters. The highest BCUT2D eigenvalue weighted by atomic mass is 16.5. The van der Waals surface area contributed by atoms with Gasteiger partial charge in [0.2, 0.25) is 5.91 Å². The van der Waals surface area contributed by atoms with Gasteiger partial charge in [-0.05, 0) is 56.4 Å². The molecule has 1 heterocycles. The Labute approximate surface area is 164 Å². The van der Waals surface area contributed by atoms with Gasteiger partial charge in [0.15, 0.2) is 0 Å². The first-order chi connectivity index (χ1) is 13.2. The van der Waals surface area contributed by atoms with Gasteiger partial charge in [0.05, 0.1) is 13.2 Å². The number of amides is 1. The monoisotopic (exact) mass is 373 g/mol. The van der Waals surface area contributed by atoms with Gasteiger partial charge in [-0.25, -0.2) is 0 Å². The highest BCUT2D eigenvalue weighted by Gasteiger charge is 2.25. The summed E-state index contributed by atoms with van der Waals surface area (Å²) in [6, 6.07) is 8.21. The Kier molecular flexibility index (Phi) is 7.39. The van der Waals surface area contributed by atoms with Gasteiger partial charge in [0, 0.05) is 38.4 Å². The van der Waals surface area contributed by atoms with Gasteiger partial charge in [0.1, 0.15) is 5.75 Å². The molecule has 2 fully saturated rings. The van der Waals surface area contributed by atoms with Crippen molar-refractivity contribution in [3.8, 4) is 5.75 Å². The van der Waals surface area contributed by atoms with Crippen LogP contribution in [0.15, 0.2) is 24.3 Å². The summed E-state index contributed by atoms with van der Waals surface area (Å²) in [4.78, 5) is 17.4. The number of benzene rings is 1. The molecule has 5 heteroatoms. The predicted molar refractivity (Wildman–Crippen MR) is 110 cm³/mol. The quantitative estimate of drug-likeness (QED) is 0.831. The summed E-state index contributed by atoms with van der Waals surface area (Å²) < 4.78 is 5.25. The van der Waals surface area contributed by atoms with Gasteiger partial charge in [-0.2, -0.15) is 0 Å². The third kappa shape index (κ3) is 5.61. The molecule has 1 aromatic carbocycles. The largest absolute Gasteiger partial charge is 0.497 e. The summed E-state index contributed by atoms with van der Waals surface area (Å²) in [7, 11) is 1.69. The van der Waals surface area contributed by atoms with Crippen LogP contribution in [0.1, 0.15) is 45.4 Å². The number of ether oxygens (including phenoxy) is 1. The fourth-order valence-corrected chi connectivity index (χ4v) is 4.33. The van der Waals surface area contributed by atoms with Crippen molar-refractivity contribution in [3.63, 3.8) is 0 Å². The third-order valence-electron chi connectivity index (χ3n) is 6.18. The average molecular weight is 374 g/mol. The zero-order valence-electron chi connectivity index (χ0n) is 17.0. The number of nitrogens with one attached hydrogen (secondary N) is 1. The van der Waals surface area contributed by atoms with Crippen molar-refractivity contribution >= 4 is 11.6 Å². The number of methoxy groups -OCH3 is 1. The number of anilines is 1. The Balaban J connectivity index is 1.47. The molecule has 1 aliphatic carbocycles. The zero-order chi connectivity index (χ0) is 19.1. The molecule has 0 spiro atoms. The molecule has 150 valence electrons. The standard InChI is InChI=1S/C22H35N3O2/c1-18(22(26)23-17-19-7-4-3-5-8-19)24-13-6-14-25(16-15-24)20-9-11-21(27-2)12-10-20/h9-12,18-19H,3-8,13-17H2,1-2H3,(H,23,26). The molecule has 1 saturated carbocycles. The van der Waals surface area contributed by atoms with E-state index in [1.165, 1.54) is 37.8 Å². The van der Waals surface area contributed by atoms with Crippen LogP contribution in [0.5, 0.6) is 5.75 Å². The Morgan fingerprint density at radius 1 is 1.07 bits per heavy atom. The summed E-state index contributed by atoms with van der Waals surface area (Å²) in [6.07, 6.45) is 7.63. The van der Waals surface area contributed by atoms with Crippen molar-refractivity contribution in [3.05, 3.63) is 24.3 Å². The summed E-state index contributed by atoms with van der Waals surface area (Å²) >= 11 is 0. The molecule has 27 heavy (non-hydrogen) atoms. The van der Waals surface area contributed by atoms with Crippen LogP contribution in [0.4, 0.5) is 5.69 Å². The minimum atomic E-state index is -0.0515. The molecule has 0 radical (unpaired) electrons. The van der Waals surface area contributed by atoms with E-state index < -0.39 is 0 Å². The lowest BCUT2D eigenvalue weighted by Crippen LogP contribution is -2.47. The number of rotatable bonds is 6. The number of carbonyl (C=O) groups is 1. The van der Waals surface area contributed by atoms with Gasteiger partial charge in [-0.3, -0.25) is 9.69 Å². The van der Waals surface area contributed by atoms with E-state index in [0.717, 1.165) is 44.9 Å². The number of hydrogen-bond acceptors (Lipinski definition) is 4. The molecule has 0 bridgehead atoms. The lowest BCUT2D eigenvalue weighted by molar-refractivity contribution is -0.126. The SMILES string of the molecule is COc1ccc(N2CCCN(C(C)C(=O)NCC3CCCCC3)CC2)cc1. The predicted octanol–water partition coefficient (Wildman–Crippen LogP) is 3.29. The maximum atomic E-state index is 12.6. The fourth-order valence-electron chi connectivity index (χ4n) is 4.33. The van der Waals surface area contributed by atoms with E-state index in [0.29, 0.717) is 5.92 Å². The molecule has 1 saturated heterocycles. The molecule has 0 aromatic heterocycles. The summed E-state index contributed by atoms with van der Waals surface area (Å²) in [5, 5.41) is 3.22. The zero-order valence-corrected chi connectivity index (χ0v) is 17.0. The highest BCUT2D eigenvalue weighted by Crippen LogP contribution is 2.23. The summed E-state index contributed by atoms with van der Waals surface area (Å²) in [5.74, 6) is 1.77. The Morgan fingerprint density at radius 3 is 2.52 bits per heavy atom. The van der Waals surface area contributed by atoms with Crippen LogP contribution in [-0.4, -0.2) is 56.7 Å². The first-order valence-corrected chi connectivity index (χ1v) is 10.6. The van der Waals surface area contributed by atoms with Crippen LogP contribution < -0.4 is 15.0 Å². The first-order valence-electron chi connectivity index (χ1n) is 10.6. The average Bonchev–Trinajstić information content (AvgIpc) is 2.98. The molecule has 5 nitrogen and oxygen atoms in total. The van der Waals surface area contributed by atoms with E-state index in [2.05, 4.69) is 34.2 Å². The topological polar surface area (TPSA) is 44.8 Å². The van der Waals surface area contributed by atoms with Crippen molar-refractivity contribution in [2.75, 3.05) is 44.7 Å². The van der Waals surface area contributed by atoms with Crippen molar-refractivity contribution in [2.45, 2.75) is 51.5 Å². The van der Waals surface area contributed by atoms with E-state index in [1.54, 1.807) is 7.11 Å². The second-order valence-electron chi connectivity index (χ2n) is 8.00. The number of hydrogen-bond donors (Lipinski definition) is 1. The van der Waals surface area contributed by atoms with Crippen molar-refractivity contribution in [2.24, 2.45) is 5.92 Å². The van der Waals surface area contributed by atoms with Gasteiger partial charge in [-0.1, -0.05) is 19.3 Å². The van der Waals surface area contributed by atoms with Crippen molar-refractivity contribution in [1.29, 1.82) is 0 Å². The first kappa shape index (κ1) is 20.0. The van der Waals surface area contributed by atoms with Crippen LogP contribution >= 0.6 is 0 Å². The molecule has 3 rings (SSSR count). The lowest BCUT2D eigenvalue weighted by Gasteiger charge is -2.28. The number of carbonyl (C=O) groups excluding carboxylic acids is 1. The van der Waals surface area contributed by atoms with Gasteiger partial charge in [-0.15, -0.1) is 0 Å². The van der Waals surface area contributed by atoms with Crippen LogP contribution in [0.3, 0.4) is 0 Å². The van der Waals surface area contributed by atoms with Crippen molar-refractivity contribution < 1.29 is 9.53 Å². The van der Waals surface area contributed by atoms with E-state index >= 15 is 0 Å². The maximum absolute atomic E-state index is 12.6. The Hall–Kier alpha value is -1.75. The van der Waals surface area contributed by atoms with Gasteiger partial charge >= 0.3 is 0 Å². The minimum Gasteiger partial charge on any atom is -0.497 e. The molecular weight excluding hydrogens is 338 g/mol. The minimum absolute atomic E-state index is 0.0515. The smallest absolute Gasteiger partial charge is 0.237 e. The highest BCUT2D eigenvalue weighted by molar-refractivity contribution is 5.81. The van der Waals surface area contributed by atoms with Crippen LogP contribution in [0.2, 0.25) is 0 Å². The molecular formula is C22H35N3O2. The van der Waals surface area contributed by atoms with E-state index in [9.17, 15) is 4.79 Å². The molecule has 1 atom stereocenters.